The number of halogens is 3. The minimum absolute atomic E-state index is 0.00470. The molecule has 0 aliphatic rings. The molecule has 8 heteroatoms. The van der Waals surface area contributed by atoms with E-state index in [0.29, 0.717) is 22.2 Å². The van der Waals surface area contributed by atoms with Crippen LogP contribution in [0, 0.1) is 0 Å². The number of carbonyl (C=O) groups is 1. The molecule has 2 aromatic heterocycles. The summed E-state index contributed by atoms with van der Waals surface area (Å²) in [6.45, 7) is -0.609. The van der Waals surface area contributed by atoms with E-state index in [1.807, 2.05) is 0 Å². The average Bonchev–Trinajstić information content (AvgIpc) is 3.04. The van der Waals surface area contributed by atoms with E-state index in [0.717, 1.165) is 6.39 Å². The SMILES string of the molecule is O=Cc1c(-c2nnco2)n(CC(F)F)c2cc(Cl)ccc12. The topological polar surface area (TPSA) is 60.9 Å². The van der Waals surface area contributed by atoms with Gasteiger partial charge in [-0.2, -0.15) is 0 Å². The molecule has 0 saturated heterocycles. The molecule has 3 rings (SSSR count). The number of carbonyl (C=O) groups excluding carboxylic acids is 1. The molecule has 0 atom stereocenters. The van der Waals surface area contributed by atoms with Gasteiger partial charge in [0.15, 0.2) is 6.29 Å². The summed E-state index contributed by atoms with van der Waals surface area (Å²) in [6, 6.07) is 4.70. The smallest absolute Gasteiger partial charge is 0.264 e. The number of hydrogen-bond donors (Lipinski definition) is 0. The summed E-state index contributed by atoms with van der Waals surface area (Å²) in [6.07, 6.45) is -0.959. The van der Waals surface area contributed by atoms with Gasteiger partial charge in [0.2, 0.25) is 6.39 Å². The molecule has 1 aromatic carbocycles. The molecule has 0 fully saturated rings. The van der Waals surface area contributed by atoms with Crippen molar-refractivity contribution in [2.75, 3.05) is 0 Å². The fourth-order valence-corrected chi connectivity index (χ4v) is 2.47. The van der Waals surface area contributed by atoms with E-state index in [4.69, 9.17) is 16.0 Å². The molecule has 0 unspecified atom stereocenters. The van der Waals surface area contributed by atoms with Gasteiger partial charge in [-0.3, -0.25) is 4.79 Å². The lowest BCUT2D eigenvalue weighted by Crippen LogP contribution is -2.08. The molecule has 0 bridgehead atoms. The van der Waals surface area contributed by atoms with Gasteiger partial charge in [0, 0.05) is 10.4 Å². The number of hydrogen-bond acceptors (Lipinski definition) is 4. The summed E-state index contributed by atoms with van der Waals surface area (Å²) in [5.74, 6) is 0.00470. The normalized spacial score (nSPS) is 11.4. The van der Waals surface area contributed by atoms with E-state index in [9.17, 15) is 13.6 Å². The molecular formula is C13H8ClF2N3O2. The predicted molar refractivity (Wildman–Crippen MR) is 71.6 cm³/mol. The standard InChI is InChI=1S/C13H8ClF2N3O2/c14-7-1-2-8-9(5-20)12(13-18-17-6-21-13)19(4-11(15)16)10(8)3-7/h1-3,5-6,11H,4H2. The summed E-state index contributed by atoms with van der Waals surface area (Å²) in [4.78, 5) is 11.4. The van der Waals surface area contributed by atoms with E-state index in [1.54, 1.807) is 12.1 Å². The van der Waals surface area contributed by atoms with E-state index >= 15 is 0 Å². The van der Waals surface area contributed by atoms with Gasteiger partial charge in [-0.1, -0.05) is 17.7 Å². The summed E-state index contributed by atoms with van der Waals surface area (Å²) in [5.41, 5.74) is 0.796. The van der Waals surface area contributed by atoms with Crippen LogP contribution in [0.1, 0.15) is 10.4 Å². The fraction of sp³-hybridized carbons (Fsp3) is 0.154. The number of alkyl halides is 2. The monoisotopic (exact) mass is 311 g/mol. The van der Waals surface area contributed by atoms with E-state index in [1.165, 1.54) is 10.6 Å². The van der Waals surface area contributed by atoms with E-state index in [2.05, 4.69) is 10.2 Å². The fourth-order valence-electron chi connectivity index (χ4n) is 2.30. The molecule has 0 aliphatic heterocycles. The number of nitrogens with zero attached hydrogens (tertiary/aromatic N) is 3. The maximum atomic E-state index is 12.9. The number of fused-ring (bicyclic) bond motifs is 1. The van der Waals surface area contributed by atoms with Crippen LogP contribution in [0.15, 0.2) is 29.0 Å². The average molecular weight is 312 g/mol. The Bertz CT molecular complexity index is 799. The van der Waals surface area contributed by atoms with Crippen molar-refractivity contribution in [3.8, 4) is 11.6 Å². The second-order valence-electron chi connectivity index (χ2n) is 4.29. The first-order valence-electron chi connectivity index (χ1n) is 5.93. The highest BCUT2D eigenvalue weighted by Gasteiger charge is 2.23. The van der Waals surface area contributed by atoms with Crippen LogP contribution in [0.4, 0.5) is 8.78 Å². The van der Waals surface area contributed by atoms with E-state index in [-0.39, 0.29) is 17.1 Å². The van der Waals surface area contributed by atoms with Gasteiger partial charge in [-0.25, -0.2) is 8.78 Å². The van der Waals surface area contributed by atoms with Crippen molar-refractivity contribution in [2.24, 2.45) is 0 Å². The lowest BCUT2D eigenvalue weighted by atomic mass is 10.1. The van der Waals surface area contributed by atoms with Crippen molar-refractivity contribution in [2.45, 2.75) is 13.0 Å². The highest BCUT2D eigenvalue weighted by molar-refractivity contribution is 6.31. The zero-order valence-electron chi connectivity index (χ0n) is 10.5. The van der Waals surface area contributed by atoms with Gasteiger partial charge in [0.1, 0.15) is 5.69 Å². The Morgan fingerprint density at radius 1 is 1.43 bits per heavy atom. The molecule has 5 nitrogen and oxygen atoms in total. The third-order valence-corrected chi connectivity index (χ3v) is 3.30. The largest absolute Gasteiger partial charge is 0.422 e. The Morgan fingerprint density at radius 2 is 2.24 bits per heavy atom. The Kier molecular flexibility index (Phi) is 3.42. The van der Waals surface area contributed by atoms with Gasteiger partial charge in [0.05, 0.1) is 17.6 Å². The molecule has 0 N–H and O–H groups in total. The van der Waals surface area contributed by atoms with Crippen LogP contribution in [0.2, 0.25) is 5.02 Å². The Balaban J connectivity index is 2.39. The molecule has 0 saturated carbocycles. The second kappa shape index (κ2) is 5.25. The predicted octanol–water partition coefficient (Wildman–Crippen LogP) is 3.42. The summed E-state index contributed by atoms with van der Waals surface area (Å²) >= 11 is 5.92. The van der Waals surface area contributed by atoms with Crippen LogP contribution in [0.25, 0.3) is 22.5 Å². The third-order valence-electron chi connectivity index (χ3n) is 3.07. The highest BCUT2D eigenvalue weighted by Crippen LogP contribution is 2.33. The second-order valence-corrected chi connectivity index (χ2v) is 4.72. The van der Waals surface area contributed by atoms with Crippen LogP contribution in [0.3, 0.4) is 0 Å². The quantitative estimate of drug-likeness (QED) is 0.693. The summed E-state index contributed by atoms with van der Waals surface area (Å²) in [7, 11) is 0. The first-order valence-corrected chi connectivity index (χ1v) is 6.31. The Hall–Kier alpha value is -2.28. The van der Waals surface area contributed by atoms with Crippen LogP contribution in [-0.2, 0) is 6.54 Å². The van der Waals surface area contributed by atoms with Gasteiger partial charge in [-0.15, -0.1) is 10.2 Å². The van der Waals surface area contributed by atoms with Crippen LogP contribution >= 0.6 is 11.6 Å². The molecular weight excluding hydrogens is 304 g/mol. The molecule has 2 heterocycles. The molecule has 3 aromatic rings. The zero-order chi connectivity index (χ0) is 15.0. The van der Waals surface area contributed by atoms with Crippen molar-refractivity contribution in [1.29, 1.82) is 0 Å². The summed E-state index contributed by atoms with van der Waals surface area (Å²) in [5, 5.41) is 8.11. The number of aldehydes is 1. The number of rotatable bonds is 4. The minimum Gasteiger partial charge on any atom is -0.422 e. The van der Waals surface area contributed by atoms with Gasteiger partial charge in [-0.05, 0) is 12.1 Å². The lowest BCUT2D eigenvalue weighted by molar-refractivity contribution is 0.112. The molecule has 0 spiro atoms. The van der Waals surface area contributed by atoms with E-state index < -0.39 is 13.0 Å². The van der Waals surface area contributed by atoms with Crippen molar-refractivity contribution in [3.63, 3.8) is 0 Å². The van der Waals surface area contributed by atoms with Gasteiger partial charge < -0.3 is 8.98 Å². The molecule has 0 amide bonds. The molecule has 108 valence electrons. The lowest BCUT2D eigenvalue weighted by Gasteiger charge is -2.08. The highest BCUT2D eigenvalue weighted by atomic mass is 35.5. The minimum atomic E-state index is -2.61. The van der Waals surface area contributed by atoms with Crippen LogP contribution in [0.5, 0.6) is 0 Å². The maximum Gasteiger partial charge on any atom is 0.264 e. The van der Waals surface area contributed by atoms with Crippen molar-refractivity contribution >= 4 is 28.8 Å². The maximum absolute atomic E-state index is 12.9. The first-order chi connectivity index (χ1) is 10.1. The van der Waals surface area contributed by atoms with Crippen molar-refractivity contribution in [1.82, 2.24) is 14.8 Å². The molecule has 21 heavy (non-hydrogen) atoms. The van der Waals surface area contributed by atoms with Gasteiger partial charge in [0.25, 0.3) is 12.3 Å². The van der Waals surface area contributed by atoms with Crippen molar-refractivity contribution < 1.29 is 18.0 Å². The number of benzene rings is 1. The number of aromatic nitrogens is 3. The zero-order valence-corrected chi connectivity index (χ0v) is 11.2. The Morgan fingerprint density at radius 3 is 2.86 bits per heavy atom. The molecule has 0 radical (unpaired) electrons. The van der Waals surface area contributed by atoms with Crippen LogP contribution < -0.4 is 0 Å². The first kappa shape index (κ1) is 13.7. The van der Waals surface area contributed by atoms with Gasteiger partial charge >= 0.3 is 0 Å². The Labute approximate surface area is 122 Å². The van der Waals surface area contributed by atoms with Crippen LogP contribution in [-0.4, -0.2) is 27.5 Å². The summed E-state index contributed by atoms with van der Waals surface area (Å²) < 4.78 is 32.1. The molecule has 0 aliphatic carbocycles. The third kappa shape index (κ3) is 2.29. The van der Waals surface area contributed by atoms with Crippen molar-refractivity contribution in [3.05, 3.63) is 35.2 Å².